The summed E-state index contributed by atoms with van der Waals surface area (Å²) >= 11 is 0. The van der Waals surface area contributed by atoms with Gasteiger partial charge in [0.25, 0.3) is 63.7 Å². The molecule has 782 valence electrons. The Balaban J connectivity index is 0.000000164. The third kappa shape index (κ3) is 26.7. The van der Waals surface area contributed by atoms with E-state index in [2.05, 4.69) is 148 Å². The van der Waals surface area contributed by atoms with Crippen LogP contribution in [0, 0.1) is 36.4 Å². The minimum atomic E-state index is -4.36. The second-order valence-electron chi connectivity index (χ2n) is 41.5. The van der Waals surface area contributed by atoms with E-state index in [0.717, 1.165) is 52.9 Å². The molecular formula is C105H129F2N21O15S4. The molecule has 0 spiro atoms. The maximum atomic E-state index is 14.4. The molecule has 147 heavy (non-hydrogen) atoms. The largest absolute Gasteiger partial charge is 0.493 e. The van der Waals surface area contributed by atoms with Gasteiger partial charge in [-0.15, -0.1) is 0 Å². The van der Waals surface area contributed by atoms with Crippen LogP contribution in [-0.4, -0.2) is 183 Å². The second-order valence-corrected chi connectivity index (χ2v) is 48.0. The summed E-state index contributed by atoms with van der Waals surface area (Å²) < 4.78 is 158. The van der Waals surface area contributed by atoms with Gasteiger partial charge in [0.2, 0.25) is 5.88 Å². The molecule has 2 unspecified atom stereocenters. The molecular weight excluding hydrogens is 1960 g/mol. The van der Waals surface area contributed by atoms with E-state index in [1.54, 1.807) is 48.2 Å². The van der Waals surface area contributed by atoms with Gasteiger partial charge in [0.15, 0.2) is 20.1 Å². The second kappa shape index (κ2) is 44.0. The topological polar surface area (TPSA) is 514 Å². The molecule has 4 amide bonds. The summed E-state index contributed by atoms with van der Waals surface area (Å²) in [5.41, 5.74) is 28.4. The normalized spacial score (nSPS) is 18.4. The van der Waals surface area contributed by atoms with Crippen molar-refractivity contribution in [2.75, 3.05) is 88.5 Å². The van der Waals surface area contributed by atoms with Crippen LogP contribution in [0.5, 0.6) is 11.6 Å². The Bertz CT molecular complexity index is 7320. The first-order valence-corrected chi connectivity index (χ1v) is 54.2. The number of rotatable bonds is 25. The molecule has 0 saturated carbocycles. The average Bonchev–Trinajstić information content (AvgIpc) is 1.70. The number of carbonyl (C=O) groups excluding carboxylic acids is 4. The number of ether oxygens (including phenoxy) is 3. The monoisotopic (exact) mass is 2090 g/mol. The van der Waals surface area contributed by atoms with Crippen LogP contribution in [0.3, 0.4) is 0 Å². The molecule has 0 radical (unpaired) electrons. The molecule has 9 aromatic heterocycles. The number of aromatic nitrogens is 9. The number of nitrogens with zero attached hydrogens (tertiary/aromatic N) is 13. The number of anilines is 8. The highest BCUT2D eigenvalue weighted by Gasteiger charge is 2.45. The van der Waals surface area contributed by atoms with Crippen LogP contribution < -0.4 is 70.9 Å². The fraction of sp³-hybridized carbons (Fsp3) is 0.400. The molecule has 4 fully saturated rings. The highest BCUT2D eigenvalue weighted by atomic mass is 32.2. The fourth-order valence-corrected chi connectivity index (χ4v) is 22.6. The lowest BCUT2D eigenvalue weighted by atomic mass is 9.85. The molecule has 14 heterocycles. The molecule has 2 aromatic carbocycles. The SMILES string of the molecule is CC(C)COc1cc(F)cc(-c2ccc(C(=O)NS(=O)(=O)c3cccc(N)n3)c(N3C[C@@H](F)C[C@H]3C)n2)c1.CC1CN(c2nc(C(C)(C)C)c(-c3ccccc3)cc2C(=O)NS(=O)(=O)c2cccc(N)n2)C(C)(C)C1.CCOc1nc(-c2ccc(C(=O)NS(=O)(=O)c3cccc(N)n3)c(N3CC(C)CC3(C)C)n2)ccc1C.C[C@@H]1CN(c2nc(C3=CC(C)(C)OCC3)ccc2C(=O)NS(=O)(=O)c2cccc(N)n2)C(C)(C)C1. The van der Waals surface area contributed by atoms with E-state index in [-0.39, 0.29) is 113 Å². The van der Waals surface area contributed by atoms with Crippen molar-refractivity contribution in [3.05, 3.63) is 227 Å². The summed E-state index contributed by atoms with van der Waals surface area (Å²) in [6.45, 7) is 42.3. The van der Waals surface area contributed by atoms with Gasteiger partial charge in [-0.2, -0.15) is 33.7 Å². The third-order valence-electron chi connectivity index (χ3n) is 25.2. The fourth-order valence-electron chi connectivity index (χ4n) is 18.8. The summed E-state index contributed by atoms with van der Waals surface area (Å²) in [4.78, 5) is 101. The number of hydrogen-bond acceptors (Lipinski definition) is 32. The van der Waals surface area contributed by atoms with Crippen molar-refractivity contribution in [3.8, 4) is 45.4 Å². The van der Waals surface area contributed by atoms with Crippen LogP contribution in [0.15, 0.2) is 202 Å². The van der Waals surface area contributed by atoms with Crippen molar-refractivity contribution in [1.82, 2.24) is 63.7 Å². The number of halogens is 2. The van der Waals surface area contributed by atoms with E-state index in [1.807, 2.05) is 88.7 Å². The van der Waals surface area contributed by atoms with Crippen LogP contribution >= 0.6 is 0 Å². The lowest BCUT2D eigenvalue weighted by Gasteiger charge is -2.35. The van der Waals surface area contributed by atoms with E-state index in [0.29, 0.717) is 115 Å². The number of hydrogen-bond donors (Lipinski definition) is 8. The van der Waals surface area contributed by atoms with Gasteiger partial charge < -0.3 is 56.7 Å². The summed E-state index contributed by atoms with van der Waals surface area (Å²) in [6.07, 6.45) is 4.56. The maximum Gasteiger partial charge on any atom is 0.281 e. The molecule has 0 aliphatic carbocycles. The Hall–Kier alpha value is -14.0. The number of amides is 4. The Morgan fingerprint density at radius 1 is 0.469 bits per heavy atom. The van der Waals surface area contributed by atoms with E-state index >= 15 is 0 Å². The average molecular weight is 2090 g/mol. The van der Waals surface area contributed by atoms with Crippen LogP contribution in [0.2, 0.25) is 0 Å². The first-order chi connectivity index (χ1) is 68.8. The van der Waals surface area contributed by atoms with E-state index in [9.17, 15) is 61.6 Å². The van der Waals surface area contributed by atoms with Gasteiger partial charge in [-0.1, -0.05) is 116 Å². The van der Waals surface area contributed by atoms with Crippen LogP contribution in [-0.2, 0) is 50.2 Å². The van der Waals surface area contributed by atoms with Gasteiger partial charge in [0.05, 0.1) is 82.7 Å². The first-order valence-electron chi connectivity index (χ1n) is 48.3. The number of benzene rings is 2. The van der Waals surface area contributed by atoms with Crippen molar-refractivity contribution in [2.24, 2.45) is 23.7 Å². The Morgan fingerprint density at radius 3 is 1.27 bits per heavy atom. The van der Waals surface area contributed by atoms with Crippen LogP contribution in [0.25, 0.3) is 39.3 Å². The number of carbonyl (C=O) groups is 4. The quantitative estimate of drug-likeness (QED) is 0.0263. The molecule has 0 bridgehead atoms. The summed E-state index contributed by atoms with van der Waals surface area (Å²) in [6, 6.07) is 45.3. The maximum absolute atomic E-state index is 14.4. The van der Waals surface area contributed by atoms with E-state index < -0.39 is 86.3 Å². The predicted molar refractivity (Wildman–Crippen MR) is 564 cm³/mol. The van der Waals surface area contributed by atoms with Crippen molar-refractivity contribution in [3.63, 3.8) is 0 Å². The predicted octanol–water partition coefficient (Wildman–Crippen LogP) is 15.7. The Labute approximate surface area is 858 Å². The minimum absolute atomic E-state index is 0.0289. The summed E-state index contributed by atoms with van der Waals surface area (Å²) in [5.74, 6) is -0.119. The molecule has 5 aliphatic rings. The van der Waals surface area contributed by atoms with Crippen molar-refractivity contribution < 1.29 is 75.8 Å². The molecule has 4 saturated heterocycles. The van der Waals surface area contributed by atoms with Gasteiger partial charge in [-0.3, -0.25) is 19.2 Å². The minimum Gasteiger partial charge on any atom is -0.493 e. The molecule has 42 heteroatoms. The number of alkyl halides is 1. The molecule has 5 aliphatic heterocycles. The van der Waals surface area contributed by atoms with Crippen molar-refractivity contribution >= 4 is 116 Å². The molecule has 36 nitrogen and oxygen atoms in total. The molecule has 16 rings (SSSR count). The Kier molecular flexibility index (Phi) is 33.0. The van der Waals surface area contributed by atoms with Gasteiger partial charge in [-0.05, 0) is 252 Å². The zero-order valence-electron chi connectivity index (χ0n) is 85.9. The number of nitrogen functional groups attached to an aromatic ring is 4. The van der Waals surface area contributed by atoms with E-state index in [4.69, 9.17) is 52.1 Å². The number of aryl methyl sites for hydroxylation is 1. The molecule has 12 N–H and O–H groups in total. The van der Waals surface area contributed by atoms with Gasteiger partial charge in [0, 0.05) is 76.9 Å². The zero-order valence-corrected chi connectivity index (χ0v) is 89.2. The number of nitrogens with two attached hydrogens (primary N) is 4. The highest BCUT2D eigenvalue weighted by Crippen LogP contribution is 2.45. The van der Waals surface area contributed by atoms with Crippen LogP contribution in [0.4, 0.5) is 55.3 Å². The standard InChI is InChI=1S/C28H35N5O3S.C26H29F2N5O4S.C26H32N6O4S.C25H33N5O4S/c1-18-16-28(5,6)33(17-18)25-21(26(34)32-37(35,36)23-14-10-13-22(29)30-23)15-20(19-11-8-7-9-12-19)24(31-25)27(2,3)4;1-15(2)14-37-20-11-17(10-18(27)12-20)22-8-7-21(25(30-22)33-13-19(28)9-16(33)3)26(34)32-38(35,36)24-6-4-5-23(29)31-24;1-6-36-25-17(3)10-12-20(29-25)19-13-11-18(23(28-19)32-15-16(2)14-26(32,4)5)24(33)31-37(34,35)22-9-7-8-21(27)30-22;1-16-13-24(2,3)30(15-16)22-18(9-10-19(27-22)17-11-12-34-25(4,5)14-17)23(31)29-35(32,33)21-8-6-7-20(26)28-21/h7-15,18H,16-17H2,1-6H3,(H2,29,30)(H,32,34);4-8,10-12,15-16,19H,9,13-14H2,1-3H3,(H2,29,31)(H,32,34);7-13,16H,6,14-15H2,1-5H3,(H2,27,30)(H,31,33);6-10,14,16H,11-13,15H2,1-5H3,(H2,26,28)(H,29,31)/t;16-,19+;;16-/m.1.0/s1. The van der Waals surface area contributed by atoms with Gasteiger partial charge >= 0.3 is 0 Å². The zero-order chi connectivity index (χ0) is 107. The molecule has 5 atom stereocenters. The van der Waals surface area contributed by atoms with Crippen LogP contribution in [0.1, 0.15) is 215 Å². The summed E-state index contributed by atoms with van der Waals surface area (Å²) in [5, 5.41) is -1.40. The highest BCUT2D eigenvalue weighted by molar-refractivity contribution is 7.91. The smallest absolute Gasteiger partial charge is 0.281 e. The van der Waals surface area contributed by atoms with Gasteiger partial charge in [0.1, 0.15) is 64.3 Å². The van der Waals surface area contributed by atoms with E-state index in [1.165, 1.54) is 97.1 Å². The number of nitrogens with one attached hydrogen (secondary N) is 4. The lowest BCUT2D eigenvalue weighted by molar-refractivity contribution is 0.0164. The summed E-state index contributed by atoms with van der Waals surface area (Å²) in [7, 11) is -17.1. The van der Waals surface area contributed by atoms with Crippen molar-refractivity contribution in [2.45, 2.75) is 224 Å². The molecule has 11 aromatic rings. The first kappa shape index (κ1) is 110. The number of pyridine rings is 9. The Morgan fingerprint density at radius 2 is 0.871 bits per heavy atom. The third-order valence-corrected chi connectivity index (χ3v) is 30.1. The number of sulfonamides is 4. The lowest BCUT2D eigenvalue weighted by Crippen LogP contribution is -2.41. The van der Waals surface area contributed by atoms with Gasteiger partial charge in [-0.25, -0.2) is 72.5 Å². The van der Waals surface area contributed by atoms with Crippen molar-refractivity contribution in [1.29, 1.82) is 0 Å².